The molecule has 0 radical (unpaired) electrons. The molecule has 1 aliphatic carbocycles. The van der Waals surface area contributed by atoms with Crippen molar-refractivity contribution in [3.05, 3.63) is 76.2 Å². The number of thiophene rings is 1. The molecule has 4 nitrogen and oxygen atoms in total. The Balaban J connectivity index is 1.03. The lowest BCUT2D eigenvalue weighted by Crippen LogP contribution is -2.37. The molecule has 1 aromatic heterocycles. The van der Waals surface area contributed by atoms with E-state index in [1.54, 1.807) is 24.3 Å². The quantitative estimate of drug-likeness (QED) is 0.307. The van der Waals surface area contributed by atoms with Gasteiger partial charge in [0.15, 0.2) is 5.78 Å². The molecule has 0 atom stereocenters. The third-order valence-electron chi connectivity index (χ3n) is 7.90. The van der Waals surface area contributed by atoms with Crippen LogP contribution in [0.2, 0.25) is 0 Å². The number of carbonyl (C=O) groups is 2. The van der Waals surface area contributed by atoms with Gasteiger partial charge in [-0.1, -0.05) is 30.3 Å². The first-order valence-electron chi connectivity index (χ1n) is 13.4. The molecule has 0 spiro atoms. The van der Waals surface area contributed by atoms with Crippen molar-refractivity contribution in [1.29, 1.82) is 0 Å². The van der Waals surface area contributed by atoms with Gasteiger partial charge in [0.1, 0.15) is 0 Å². The normalized spacial score (nSPS) is 20.8. The number of ketones is 1. The Kier molecular flexibility index (Phi) is 7.98. The average molecular weight is 501 g/mol. The Bertz CT molecular complexity index is 1220. The van der Waals surface area contributed by atoms with E-state index in [-0.39, 0.29) is 11.7 Å². The highest BCUT2D eigenvalue weighted by atomic mass is 32.1. The van der Waals surface area contributed by atoms with E-state index in [0.29, 0.717) is 6.04 Å². The fourth-order valence-electron chi connectivity index (χ4n) is 5.67. The summed E-state index contributed by atoms with van der Waals surface area (Å²) in [5.74, 6) is 0.924. The number of Topliss-reactive ketones (excluding diaryl/α,β-unsaturated/α-hetero) is 1. The summed E-state index contributed by atoms with van der Waals surface area (Å²) in [7, 11) is 0. The number of amides is 1. The highest BCUT2D eigenvalue weighted by molar-refractivity contribution is 7.19. The second-order valence-corrected chi connectivity index (χ2v) is 11.5. The summed E-state index contributed by atoms with van der Waals surface area (Å²) >= 11 is 1.72. The first-order valence-corrected chi connectivity index (χ1v) is 14.2. The highest BCUT2D eigenvalue weighted by Crippen LogP contribution is 2.28. The van der Waals surface area contributed by atoms with E-state index < -0.39 is 0 Å². The average Bonchev–Trinajstić information content (AvgIpc) is 3.20. The van der Waals surface area contributed by atoms with Crippen LogP contribution in [0, 0.1) is 5.92 Å². The van der Waals surface area contributed by atoms with Crippen molar-refractivity contribution in [2.45, 2.75) is 57.9 Å². The van der Waals surface area contributed by atoms with Crippen molar-refractivity contribution in [2.75, 3.05) is 19.6 Å². The van der Waals surface area contributed by atoms with Crippen molar-refractivity contribution < 1.29 is 9.59 Å². The molecule has 5 heteroatoms. The Morgan fingerprint density at radius 2 is 1.78 bits per heavy atom. The minimum absolute atomic E-state index is 0.0213. The molecule has 1 fully saturated rings. The molecular weight excluding hydrogens is 464 g/mol. The molecule has 1 amide bonds. The van der Waals surface area contributed by atoms with Crippen LogP contribution in [0.4, 0.5) is 0 Å². The van der Waals surface area contributed by atoms with Crippen molar-refractivity contribution in [3.8, 4) is 0 Å². The summed E-state index contributed by atoms with van der Waals surface area (Å²) < 4.78 is 1.25. The number of nitrogens with one attached hydrogen (secondary N) is 1. The summed E-state index contributed by atoms with van der Waals surface area (Å²) in [6.45, 7) is 4.97. The SMILES string of the molecule is CC(=O)c1ccc2c(c1)CCN(CCC1CCC(NC(=O)/C=C/c3cc4ccccc4s3)CC1)CC2. The zero-order chi connectivity index (χ0) is 24.9. The third-order valence-corrected chi connectivity index (χ3v) is 8.98. The second kappa shape index (κ2) is 11.5. The summed E-state index contributed by atoms with van der Waals surface area (Å²) in [5.41, 5.74) is 3.59. The number of nitrogens with zero attached hydrogens (tertiary/aromatic N) is 1. The molecule has 3 aromatic rings. The molecule has 0 bridgehead atoms. The summed E-state index contributed by atoms with van der Waals surface area (Å²) in [6.07, 6.45) is 11.5. The van der Waals surface area contributed by atoms with Gasteiger partial charge < -0.3 is 10.2 Å². The summed E-state index contributed by atoms with van der Waals surface area (Å²) in [4.78, 5) is 27.9. The molecule has 1 N–H and O–H groups in total. The minimum Gasteiger partial charge on any atom is -0.350 e. The van der Waals surface area contributed by atoms with E-state index in [4.69, 9.17) is 0 Å². The van der Waals surface area contributed by atoms with Gasteiger partial charge in [0.2, 0.25) is 5.91 Å². The molecule has 188 valence electrons. The minimum atomic E-state index is 0.0213. The van der Waals surface area contributed by atoms with Gasteiger partial charge in [0, 0.05) is 40.3 Å². The van der Waals surface area contributed by atoms with Crippen LogP contribution in [0.1, 0.15) is 65.4 Å². The van der Waals surface area contributed by atoms with Crippen LogP contribution in [0.5, 0.6) is 0 Å². The topological polar surface area (TPSA) is 49.4 Å². The first kappa shape index (κ1) is 24.9. The van der Waals surface area contributed by atoms with Crippen LogP contribution in [-0.2, 0) is 17.6 Å². The summed E-state index contributed by atoms with van der Waals surface area (Å²) in [6, 6.07) is 17.0. The molecule has 0 unspecified atom stereocenters. The molecule has 0 saturated heterocycles. The lowest BCUT2D eigenvalue weighted by atomic mass is 9.84. The number of hydrogen-bond acceptors (Lipinski definition) is 4. The van der Waals surface area contributed by atoms with Crippen molar-refractivity contribution in [1.82, 2.24) is 10.2 Å². The van der Waals surface area contributed by atoms with E-state index in [2.05, 4.69) is 40.5 Å². The van der Waals surface area contributed by atoms with Crippen LogP contribution in [0.25, 0.3) is 16.2 Å². The monoisotopic (exact) mass is 500 g/mol. The fraction of sp³-hybridized carbons (Fsp3) is 0.419. The molecule has 1 saturated carbocycles. The maximum absolute atomic E-state index is 12.5. The van der Waals surface area contributed by atoms with E-state index >= 15 is 0 Å². The molecule has 2 aromatic carbocycles. The predicted molar refractivity (Wildman–Crippen MR) is 150 cm³/mol. The zero-order valence-corrected chi connectivity index (χ0v) is 22.0. The number of rotatable bonds is 7. The van der Waals surface area contributed by atoms with Gasteiger partial charge in [0.05, 0.1) is 0 Å². The van der Waals surface area contributed by atoms with Crippen LogP contribution in [0.15, 0.2) is 54.6 Å². The second-order valence-electron chi connectivity index (χ2n) is 10.4. The van der Waals surface area contributed by atoms with Crippen molar-refractivity contribution in [2.24, 2.45) is 5.92 Å². The maximum Gasteiger partial charge on any atom is 0.244 e. The Morgan fingerprint density at radius 1 is 1.00 bits per heavy atom. The molecule has 36 heavy (non-hydrogen) atoms. The van der Waals surface area contributed by atoms with Gasteiger partial charge in [-0.15, -0.1) is 11.3 Å². The lowest BCUT2D eigenvalue weighted by Gasteiger charge is -2.30. The van der Waals surface area contributed by atoms with Gasteiger partial charge >= 0.3 is 0 Å². The molecule has 2 aliphatic rings. The number of carbonyl (C=O) groups excluding carboxylic acids is 2. The molecule has 5 rings (SSSR count). The Hall–Kier alpha value is -2.76. The number of benzene rings is 2. The largest absolute Gasteiger partial charge is 0.350 e. The predicted octanol–water partition coefficient (Wildman–Crippen LogP) is 6.28. The Labute approximate surface area is 218 Å². The van der Waals surface area contributed by atoms with Gasteiger partial charge in [-0.25, -0.2) is 0 Å². The van der Waals surface area contributed by atoms with Crippen LogP contribution in [0.3, 0.4) is 0 Å². The third kappa shape index (κ3) is 6.32. The molecule has 1 aliphatic heterocycles. The first-order chi connectivity index (χ1) is 17.5. The van der Waals surface area contributed by atoms with Gasteiger partial charge in [-0.2, -0.15) is 0 Å². The number of fused-ring (bicyclic) bond motifs is 2. The van der Waals surface area contributed by atoms with Crippen LogP contribution >= 0.6 is 11.3 Å². The van der Waals surface area contributed by atoms with Gasteiger partial charge in [-0.05, 0) is 105 Å². The van der Waals surface area contributed by atoms with Gasteiger partial charge in [-0.3, -0.25) is 9.59 Å². The Morgan fingerprint density at radius 3 is 2.56 bits per heavy atom. The molecule has 2 heterocycles. The van der Waals surface area contributed by atoms with Crippen molar-refractivity contribution >= 4 is 39.2 Å². The van der Waals surface area contributed by atoms with Gasteiger partial charge in [0.25, 0.3) is 0 Å². The standard InChI is InChI=1S/C31H36N2O2S/c1-22(34)25-9-8-24-15-18-33(19-16-26(24)20-25)17-14-23-6-10-28(11-7-23)32-31(35)13-12-29-21-27-4-2-3-5-30(27)36-29/h2-5,8-9,12-13,20-21,23,28H,6-7,10-11,14-19H2,1H3,(H,32,35)/b13-12+. The number of hydrogen-bond donors (Lipinski definition) is 1. The summed E-state index contributed by atoms with van der Waals surface area (Å²) in [5, 5.41) is 4.45. The smallest absolute Gasteiger partial charge is 0.244 e. The van der Waals surface area contributed by atoms with E-state index in [1.807, 2.05) is 24.3 Å². The fourth-order valence-corrected chi connectivity index (χ4v) is 6.63. The van der Waals surface area contributed by atoms with E-state index in [0.717, 1.165) is 61.7 Å². The van der Waals surface area contributed by atoms with Crippen LogP contribution < -0.4 is 5.32 Å². The highest BCUT2D eigenvalue weighted by Gasteiger charge is 2.23. The van der Waals surface area contributed by atoms with Crippen molar-refractivity contribution in [3.63, 3.8) is 0 Å². The van der Waals surface area contributed by atoms with E-state index in [9.17, 15) is 9.59 Å². The molecular formula is C31H36N2O2S. The van der Waals surface area contributed by atoms with Crippen LogP contribution in [-0.4, -0.2) is 42.3 Å². The lowest BCUT2D eigenvalue weighted by molar-refractivity contribution is -0.117. The van der Waals surface area contributed by atoms with E-state index in [1.165, 1.54) is 40.5 Å². The maximum atomic E-state index is 12.5. The zero-order valence-electron chi connectivity index (χ0n) is 21.2.